The maximum atomic E-state index is 5.70. The van der Waals surface area contributed by atoms with Crippen LogP contribution in [-0.4, -0.2) is 51.3 Å². The molecule has 4 heteroatoms. The Morgan fingerprint density at radius 2 is 1.75 bits per heavy atom. The van der Waals surface area contributed by atoms with Gasteiger partial charge in [0.2, 0.25) is 0 Å². The lowest BCUT2D eigenvalue weighted by molar-refractivity contribution is 0.282. The molecule has 4 nitrogen and oxygen atoms in total. The fourth-order valence-corrected chi connectivity index (χ4v) is 2.06. The van der Waals surface area contributed by atoms with Crippen molar-refractivity contribution in [2.45, 2.75) is 20.3 Å². The molecule has 0 fully saturated rings. The predicted octanol–water partition coefficient (Wildman–Crippen LogP) is 2.40. The lowest BCUT2D eigenvalue weighted by atomic mass is 10.3. The highest BCUT2D eigenvalue weighted by molar-refractivity contribution is 5.39. The first-order valence-electron chi connectivity index (χ1n) is 7.50. The van der Waals surface area contributed by atoms with Crippen molar-refractivity contribution >= 4 is 0 Å². The number of ether oxygens (including phenoxy) is 2. The Morgan fingerprint density at radius 1 is 1.05 bits per heavy atom. The zero-order chi connectivity index (χ0) is 14.6. The molecule has 0 amide bonds. The molecule has 0 saturated carbocycles. The molecule has 0 radical (unpaired) electrons. The molecule has 0 atom stereocenters. The van der Waals surface area contributed by atoms with Crippen LogP contribution in [0.1, 0.15) is 20.3 Å². The normalized spacial score (nSPS) is 10.8. The number of hydrogen-bond donors (Lipinski definition) is 1. The Kier molecular flexibility index (Phi) is 8.83. The monoisotopic (exact) mass is 280 g/mol. The summed E-state index contributed by atoms with van der Waals surface area (Å²) in [7, 11) is 1.66. The van der Waals surface area contributed by atoms with Crippen LogP contribution in [0.5, 0.6) is 11.5 Å². The number of methoxy groups -OCH3 is 1. The Bertz CT molecular complexity index is 354. The second kappa shape index (κ2) is 10.5. The molecule has 0 spiro atoms. The van der Waals surface area contributed by atoms with E-state index in [4.69, 9.17) is 9.47 Å². The highest BCUT2D eigenvalue weighted by atomic mass is 16.5. The van der Waals surface area contributed by atoms with Crippen molar-refractivity contribution in [3.63, 3.8) is 0 Å². The summed E-state index contributed by atoms with van der Waals surface area (Å²) >= 11 is 0. The van der Waals surface area contributed by atoms with Gasteiger partial charge in [-0.25, -0.2) is 0 Å². The zero-order valence-electron chi connectivity index (χ0n) is 13.0. The van der Waals surface area contributed by atoms with Gasteiger partial charge in [0.1, 0.15) is 6.61 Å². The van der Waals surface area contributed by atoms with E-state index in [-0.39, 0.29) is 0 Å². The number of nitrogens with zero attached hydrogens (tertiary/aromatic N) is 1. The molecular formula is C16H28N2O2. The van der Waals surface area contributed by atoms with Crippen molar-refractivity contribution in [2.75, 3.05) is 46.4 Å². The van der Waals surface area contributed by atoms with Gasteiger partial charge < -0.3 is 19.7 Å². The standard InChI is InChI=1S/C16H28N2O2/c1-4-18(5-2)13-8-11-17-12-14-20-16-10-7-6-9-15(16)19-3/h6-7,9-10,17H,4-5,8,11-14H2,1-3H3. The molecule has 0 aliphatic carbocycles. The quantitative estimate of drug-likeness (QED) is 0.631. The summed E-state index contributed by atoms with van der Waals surface area (Å²) in [6.45, 7) is 10.4. The molecule has 0 unspecified atom stereocenters. The second-order valence-corrected chi connectivity index (χ2v) is 4.63. The Labute approximate surface area is 123 Å². The maximum Gasteiger partial charge on any atom is 0.161 e. The van der Waals surface area contributed by atoms with Crippen LogP contribution in [0.2, 0.25) is 0 Å². The fourth-order valence-electron chi connectivity index (χ4n) is 2.06. The first-order chi connectivity index (χ1) is 9.81. The average Bonchev–Trinajstić information content (AvgIpc) is 2.50. The van der Waals surface area contributed by atoms with Gasteiger partial charge in [-0.15, -0.1) is 0 Å². The van der Waals surface area contributed by atoms with E-state index in [0.717, 1.165) is 44.2 Å². The summed E-state index contributed by atoms with van der Waals surface area (Å²) in [6, 6.07) is 7.73. The molecule has 0 aliphatic heterocycles. The molecular weight excluding hydrogens is 252 g/mol. The number of nitrogens with one attached hydrogen (secondary N) is 1. The van der Waals surface area contributed by atoms with Crippen molar-refractivity contribution in [3.05, 3.63) is 24.3 Å². The van der Waals surface area contributed by atoms with Crippen LogP contribution in [-0.2, 0) is 0 Å². The number of rotatable bonds is 11. The number of benzene rings is 1. The first-order valence-corrected chi connectivity index (χ1v) is 7.50. The van der Waals surface area contributed by atoms with Gasteiger partial charge in [-0.3, -0.25) is 0 Å². The maximum absolute atomic E-state index is 5.70. The van der Waals surface area contributed by atoms with Gasteiger partial charge in [0.25, 0.3) is 0 Å². The minimum Gasteiger partial charge on any atom is -0.493 e. The zero-order valence-corrected chi connectivity index (χ0v) is 13.0. The van der Waals surface area contributed by atoms with Gasteiger partial charge in [0.05, 0.1) is 7.11 Å². The predicted molar refractivity (Wildman–Crippen MR) is 83.8 cm³/mol. The highest BCUT2D eigenvalue weighted by Crippen LogP contribution is 2.25. The van der Waals surface area contributed by atoms with Crippen LogP contribution >= 0.6 is 0 Å². The third kappa shape index (κ3) is 6.26. The van der Waals surface area contributed by atoms with E-state index in [2.05, 4.69) is 24.1 Å². The van der Waals surface area contributed by atoms with Crippen molar-refractivity contribution in [1.29, 1.82) is 0 Å². The van der Waals surface area contributed by atoms with Crippen LogP contribution in [0.15, 0.2) is 24.3 Å². The van der Waals surface area contributed by atoms with Crippen molar-refractivity contribution < 1.29 is 9.47 Å². The van der Waals surface area contributed by atoms with E-state index in [1.165, 1.54) is 6.42 Å². The van der Waals surface area contributed by atoms with Gasteiger partial charge >= 0.3 is 0 Å². The number of hydrogen-bond acceptors (Lipinski definition) is 4. The summed E-state index contributed by atoms with van der Waals surface area (Å²) < 4.78 is 10.9. The van der Waals surface area contributed by atoms with Crippen LogP contribution in [0, 0.1) is 0 Å². The average molecular weight is 280 g/mol. The summed E-state index contributed by atoms with van der Waals surface area (Å²) in [5.41, 5.74) is 0. The van der Waals surface area contributed by atoms with E-state index < -0.39 is 0 Å². The van der Waals surface area contributed by atoms with Crippen LogP contribution in [0.25, 0.3) is 0 Å². The third-order valence-corrected chi connectivity index (χ3v) is 3.33. The van der Waals surface area contributed by atoms with Gasteiger partial charge in [-0.1, -0.05) is 26.0 Å². The Morgan fingerprint density at radius 3 is 2.40 bits per heavy atom. The molecule has 0 bridgehead atoms. The lowest BCUT2D eigenvalue weighted by Gasteiger charge is -2.17. The molecule has 0 heterocycles. The molecule has 1 rings (SSSR count). The lowest BCUT2D eigenvalue weighted by Crippen LogP contribution is -2.28. The van der Waals surface area contributed by atoms with Crippen molar-refractivity contribution in [2.24, 2.45) is 0 Å². The Hall–Kier alpha value is -1.26. The fraction of sp³-hybridized carbons (Fsp3) is 0.625. The van der Waals surface area contributed by atoms with Crippen molar-refractivity contribution in [3.8, 4) is 11.5 Å². The van der Waals surface area contributed by atoms with Gasteiger partial charge in [-0.05, 0) is 44.7 Å². The van der Waals surface area contributed by atoms with Gasteiger partial charge in [0.15, 0.2) is 11.5 Å². The van der Waals surface area contributed by atoms with Crippen LogP contribution in [0.4, 0.5) is 0 Å². The summed E-state index contributed by atoms with van der Waals surface area (Å²) in [5, 5.41) is 3.40. The SMILES string of the molecule is CCN(CC)CCCNCCOc1ccccc1OC. The van der Waals surface area contributed by atoms with E-state index in [1.54, 1.807) is 7.11 Å². The largest absolute Gasteiger partial charge is 0.493 e. The van der Waals surface area contributed by atoms with Gasteiger partial charge in [0, 0.05) is 6.54 Å². The molecule has 0 aromatic heterocycles. The third-order valence-electron chi connectivity index (χ3n) is 3.33. The van der Waals surface area contributed by atoms with Crippen LogP contribution in [0.3, 0.4) is 0 Å². The topological polar surface area (TPSA) is 33.7 Å². The highest BCUT2D eigenvalue weighted by Gasteiger charge is 2.01. The first kappa shape index (κ1) is 16.8. The summed E-state index contributed by atoms with van der Waals surface area (Å²) in [5.74, 6) is 1.59. The van der Waals surface area contributed by atoms with Crippen LogP contribution < -0.4 is 14.8 Å². The molecule has 114 valence electrons. The minimum atomic E-state index is 0.658. The van der Waals surface area contributed by atoms with E-state index in [1.807, 2.05) is 24.3 Å². The summed E-state index contributed by atoms with van der Waals surface area (Å²) in [6.07, 6.45) is 1.18. The molecule has 1 aromatic rings. The Balaban J connectivity index is 2.07. The molecule has 0 saturated heterocycles. The number of para-hydroxylation sites is 2. The molecule has 1 aromatic carbocycles. The van der Waals surface area contributed by atoms with E-state index >= 15 is 0 Å². The molecule has 1 N–H and O–H groups in total. The van der Waals surface area contributed by atoms with Gasteiger partial charge in [-0.2, -0.15) is 0 Å². The smallest absolute Gasteiger partial charge is 0.161 e. The van der Waals surface area contributed by atoms with E-state index in [9.17, 15) is 0 Å². The minimum absolute atomic E-state index is 0.658. The summed E-state index contributed by atoms with van der Waals surface area (Å²) in [4.78, 5) is 2.44. The molecule has 0 aliphatic rings. The second-order valence-electron chi connectivity index (χ2n) is 4.63. The van der Waals surface area contributed by atoms with E-state index in [0.29, 0.717) is 6.61 Å². The van der Waals surface area contributed by atoms with Crippen molar-refractivity contribution in [1.82, 2.24) is 10.2 Å². The molecule has 20 heavy (non-hydrogen) atoms.